The summed E-state index contributed by atoms with van der Waals surface area (Å²) in [6, 6.07) is 21.5. The van der Waals surface area contributed by atoms with E-state index < -0.39 is 36.4 Å². The van der Waals surface area contributed by atoms with E-state index in [1.54, 1.807) is 23.1 Å². The molecule has 188 valence electrons. The number of hydrogen-bond acceptors (Lipinski definition) is 5. The molecule has 0 radical (unpaired) electrons. The Bertz CT molecular complexity index is 1210. The van der Waals surface area contributed by atoms with Crippen LogP contribution in [0.1, 0.15) is 36.7 Å². The molecule has 0 aliphatic carbocycles. The Labute approximate surface area is 209 Å². The molecule has 0 heterocycles. The monoisotopic (exact) mass is 492 g/mol. The number of amides is 2. The van der Waals surface area contributed by atoms with E-state index in [9.17, 15) is 18.8 Å². The average molecular weight is 493 g/mol. The smallest absolute Gasteiger partial charge is 0.342 e. The second kappa shape index (κ2) is 12.0. The second-order valence-electron chi connectivity index (χ2n) is 9.03. The molecule has 0 aliphatic heterocycles. The zero-order valence-corrected chi connectivity index (χ0v) is 20.5. The van der Waals surface area contributed by atoms with E-state index in [1.165, 1.54) is 30.3 Å². The Kier molecular flexibility index (Phi) is 8.78. The molecule has 0 atom stereocenters. The minimum Gasteiger partial charge on any atom is -0.483 e. The summed E-state index contributed by atoms with van der Waals surface area (Å²) in [4.78, 5) is 39.6. The van der Waals surface area contributed by atoms with Crippen molar-refractivity contribution in [1.29, 1.82) is 0 Å². The summed E-state index contributed by atoms with van der Waals surface area (Å²) in [5.41, 5.74) is 0.552. The summed E-state index contributed by atoms with van der Waals surface area (Å²) in [6.45, 7) is 5.19. The van der Waals surface area contributed by atoms with Crippen molar-refractivity contribution in [2.45, 2.75) is 32.9 Å². The van der Waals surface area contributed by atoms with Crippen LogP contribution in [0.25, 0.3) is 0 Å². The Morgan fingerprint density at radius 1 is 0.861 bits per heavy atom. The van der Waals surface area contributed by atoms with Crippen molar-refractivity contribution in [2.75, 3.05) is 18.5 Å². The molecule has 36 heavy (non-hydrogen) atoms. The van der Waals surface area contributed by atoms with E-state index in [0.717, 1.165) is 5.56 Å². The van der Waals surface area contributed by atoms with Crippen LogP contribution in [-0.4, -0.2) is 41.4 Å². The van der Waals surface area contributed by atoms with Gasteiger partial charge >= 0.3 is 5.97 Å². The zero-order valence-electron chi connectivity index (χ0n) is 20.5. The van der Waals surface area contributed by atoms with Crippen LogP contribution in [0.2, 0.25) is 0 Å². The molecule has 0 spiro atoms. The highest BCUT2D eigenvalue weighted by molar-refractivity contribution is 5.95. The van der Waals surface area contributed by atoms with Crippen LogP contribution in [0.15, 0.2) is 78.9 Å². The molecule has 3 rings (SSSR count). The fourth-order valence-electron chi connectivity index (χ4n) is 3.40. The van der Waals surface area contributed by atoms with Gasteiger partial charge in [-0.05, 0) is 50.6 Å². The molecular formula is C28H29FN2O5. The van der Waals surface area contributed by atoms with Crippen molar-refractivity contribution in [1.82, 2.24) is 4.90 Å². The lowest BCUT2D eigenvalue weighted by atomic mass is 10.0. The number of halogens is 1. The van der Waals surface area contributed by atoms with Gasteiger partial charge in [-0.1, -0.05) is 54.6 Å². The van der Waals surface area contributed by atoms with E-state index >= 15 is 0 Å². The largest absolute Gasteiger partial charge is 0.483 e. The van der Waals surface area contributed by atoms with Crippen molar-refractivity contribution in [3.05, 3.63) is 95.8 Å². The summed E-state index contributed by atoms with van der Waals surface area (Å²) >= 11 is 0. The predicted molar refractivity (Wildman–Crippen MR) is 134 cm³/mol. The molecule has 2 amide bonds. The van der Waals surface area contributed by atoms with E-state index in [4.69, 9.17) is 9.47 Å². The van der Waals surface area contributed by atoms with Crippen molar-refractivity contribution in [3.8, 4) is 5.75 Å². The minimum atomic E-state index is -0.762. The number of carbonyl (C=O) groups excluding carboxylic acids is 3. The molecule has 3 aromatic rings. The third-order valence-electron chi connectivity index (χ3n) is 5.23. The lowest BCUT2D eigenvalue weighted by molar-refractivity contribution is -0.140. The highest BCUT2D eigenvalue weighted by atomic mass is 19.1. The summed E-state index contributed by atoms with van der Waals surface area (Å²) in [5.74, 6) is -2.17. The van der Waals surface area contributed by atoms with Crippen molar-refractivity contribution in [3.63, 3.8) is 0 Å². The number of nitrogens with zero attached hydrogens (tertiary/aromatic N) is 1. The lowest BCUT2D eigenvalue weighted by Crippen LogP contribution is -2.46. The standard InChI is InChI=1S/C28H29FN2O5/c1-28(2,3)31(17-20-11-5-4-6-12-20)26(33)19-36-27(34)21-13-7-10-16-24(21)35-18-25(32)30-23-15-9-8-14-22(23)29/h4-16H,17-19H2,1-3H3,(H,30,32). The van der Waals surface area contributed by atoms with E-state index in [0.29, 0.717) is 6.54 Å². The van der Waals surface area contributed by atoms with Crippen LogP contribution >= 0.6 is 0 Å². The molecule has 8 heteroatoms. The highest BCUT2D eigenvalue weighted by Gasteiger charge is 2.28. The number of hydrogen-bond donors (Lipinski definition) is 1. The predicted octanol–water partition coefficient (Wildman–Crippen LogP) is 4.83. The van der Waals surface area contributed by atoms with Crippen LogP contribution in [-0.2, 0) is 20.9 Å². The van der Waals surface area contributed by atoms with Crippen LogP contribution < -0.4 is 10.1 Å². The molecule has 0 bridgehead atoms. The zero-order chi connectivity index (χ0) is 26.1. The number of anilines is 1. The first-order valence-electron chi connectivity index (χ1n) is 11.4. The van der Waals surface area contributed by atoms with Gasteiger partial charge in [0.25, 0.3) is 11.8 Å². The number of carbonyl (C=O) groups is 3. The topological polar surface area (TPSA) is 84.9 Å². The average Bonchev–Trinajstić information content (AvgIpc) is 2.86. The molecule has 3 aromatic carbocycles. The first-order chi connectivity index (χ1) is 17.1. The number of rotatable bonds is 9. The summed E-state index contributed by atoms with van der Waals surface area (Å²) in [6.07, 6.45) is 0. The van der Waals surface area contributed by atoms with Gasteiger partial charge in [0.15, 0.2) is 13.2 Å². The fourth-order valence-corrected chi connectivity index (χ4v) is 3.40. The normalized spacial score (nSPS) is 10.9. The van der Waals surface area contributed by atoms with Gasteiger partial charge in [0, 0.05) is 12.1 Å². The highest BCUT2D eigenvalue weighted by Crippen LogP contribution is 2.21. The van der Waals surface area contributed by atoms with Crippen LogP contribution in [0, 0.1) is 5.82 Å². The number of nitrogens with one attached hydrogen (secondary N) is 1. The molecule has 0 aromatic heterocycles. The van der Waals surface area contributed by atoms with Gasteiger partial charge in [-0.15, -0.1) is 0 Å². The van der Waals surface area contributed by atoms with Crippen molar-refractivity contribution >= 4 is 23.5 Å². The van der Waals surface area contributed by atoms with Crippen molar-refractivity contribution < 1.29 is 28.2 Å². The van der Waals surface area contributed by atoms with Gasteiger partial charge in [-0.2, -0.15) is 0 Å². The van der Waals surface area contributed by atoms with Crippen LogP contribution in [0.5, 0.6) is 5.75 Å². The lowest BCUT2D eigenvalue weighted by Gasteiger charge is -2.35. The third-order valence-corrected chi connectivity index (χ3v) is 5.23. The minimum absolute atomic E-state index is 0.0243. The molecule has 0 unspecified atom stereocenters. The third kappa shape index (κ3) is 7.40. The molecule has 0 fully saturated rings. The van der Waals surface area contributed by atoms with Crippen LogP contribution in [0.4, 0.5) is 10.1 Å². The van der Waals surface area contributed by atoms with Gasteiger partial charge in [0.2, 0.25) is 0 Å². The maximum absolute atomic E-state index is 13.7. The molecular weight excluding hydrogens is 463 g/mol. The Balaban J connectivity index is 1.61. The Morgan fingerprint density at radius 3 is 2.19 bits per heavy atom. The molecule has 1 N–H and O–H groups in total. The Hall–Kier alpha value is -4.20. The number of esters is 1. The molecule has 0 saturated carbocycles. The first kappa shape index (κ1) is 26.4. The summed E-state index contributed by atoms with van der Waals surface area (Å²) in [7, 11) is 0. The summed E-state index contributed by atoms with van der Waals surface area (Å²) < 4.78 is 24.5. The maximum atomic E-state index is 13.7. The fraction of sp³-hybridized carbons (Fsp3) is 0.250. The van der Waals surface area contributed by atoms with E-state index in [2.05, 4.69) is 5.32 Å². The van der Waals surface area contributed by atoms with Crippen molar-refractivity contribution in [2.24, 2.45) is 0 Å². The SMILES string of the molecule is CC(C)(C)N(Cc1ccccc1)C(=O)COC(=O)c1ccccc1OCC(=O)Nc1ccccc1F. The molecule has 7 nitrogen and oxygen atoms in total. The second-order valence-corrected chi connectivity index (χ2v) is 9.03. The van der Waals surface area contributed by atoms with E-state index in [-0.39, 0.29) is 22.9 Å². The van der Waals surface area contributed by atoms with E-state index in [1.807, 2.05) is 51.1 Å². The number of ether oxygens (including phenoxy) is 2. The summed E-state index contributed by atoms with van der Waals surface area (Å²) in [5, 5.41) is 2.41. The van der Waals surface area contributed by atoms with Gasteiger partial charge in [0.1, 0.15) is 17.1 Å². The quantitative estimate of drug-likeness (QED) is 0.433. The Morgan fingerprint density at radius 2 is 1.50 bits per heavy atom. The first-order valence-corrected chi connectivity index (χ1v) is 11.4. The number of para-hydroxylation sites is 2. The molecule has 0 saturated heterocycles. The van der Waals surface area contributed by atoms with Gasteiger partial charge in [-0.3, -0.25) is 9.59 Å². The van der Waals surface area contributed by atoms with Crippen LogP contribution in [0.3, 0.4) is 0 Å². The maximum Gasteiger partial charge on any atom is 0.342 e. The van der Waals surface area contributed by atoms with Gasteiger partial charge in [0.05, 0.1) is 5.69 Å². The van der Waals surface area contributed by atoms with Gasteiger partial charge < -0.3 is 19.7 Å². The number of benzene rings is 3. The molecule has 0 aliphatic rings. The van der Waals surface area contributed by atoms with Gasteiger partial charge in [-0.25, -0.2) is 9.18 Å².